The number of carbonyl (C=O) groups is 4. The van der Waals surface area contributed by atoms with Crippen molar-refractivity contribution in [1.82, 2.24) is 0 Å². The number of hydrogen-bond acceptors (Lipinski definition) is 8. The molecule has 7 nitrogen and oxygen atoms in total. The molecule has 0 aromatic heterocycles. The van der Waals surface area contributed by atoms with E-state index in [9.17, 15) is 19.2 Å². The van der Waals surface area contributed by atoms with Gasteiger partial charge in [0.15, 0.2) is 5.78 Å². The predicted octanol–water partition coefficient (Wildman–Crippen LogP) is 4.80. The predicted molar refractivity (Wildman–Crippen MR) is 136 cm³/mol. The number of esters is 2. The van der Waals surface area contributed by atoms with Crippen molar-refractivity contribution in [1.29, 1.82) is 0 Å². The molecule has 0 aliphatic heterocycles. The minimum absolute atomic E-state index is 0.0544. The number of halogens is 1. The van der Waals surface area contributed by atoms with Crippen LogP contribution in [0, 0.1) is 0 Å². The summed E-state index contributed by atoms with van der Waals surface area (Å²) in [6.07, 6.45) is -0.121. The number of ketones is 1. The summed E-state index contributed by atoms with van der Waals surface area (Å²) in [5.74, 6) is -0.116. The molecule has 0 aliphatic carbocycles. The highest BCUT2D eigenvalue weighted by Gasteiger charge is 2.21. The van der Waals surface area contributed by atoms with Crippen molar-refractivity contribution >= 4 is 62.5 Å². The third-order valence-electron chi connectivity index (χ3n) is 4.50. The molecule has 0 unspecified atom stereocenters. The highest BCUT2D eigenvalue weighted by atomic mass is 35.5. The summed E-state index contributed by atoms with van der Waals surface area (Å²) in [4.78, 5) is 49.7. The molecule has 0 radical (unpaired) electrons. The summed E-state index contributed by atoms with van der Waals surface area (Å²) in [5, 5.41) is 0.384. The van der Waals surface area contributed by atoms with Gasteiger partial charge in [-0.1, -0.05) is 63.5 Å². The van der Waals surface area contributed by atoms with Crippen molar-refractivity contribution in [3.63, 3.8) is 0 Å². The zero-order chi connectivity index (χ0) is 24.9. The van der Waals surface area contributed by atoms with Gasteiger partial charge in [-0.25, -0.2) is 0 Å². The van der Waals surface area contributed by atoms with Gasteiger partial charge in [-0.15, -0.1) is 0 Å². The number of benzene rings is 2. The maximum absolute atomic E-state index is 13.0. The summed E-state index contributed by atoms with van der Waals surface area (Å²) < 4.78 is 9.98. The van der Waals surface area contributed by atoms with Gasteiger partial charge in [0.25, 0.3) is 0 Å². The maximum Gasteiger partial charge on any atom is 0.306 e. The van der Waals surface area contributed by atoms with Gasteiger partial charge in [-0.3, -0.25) is 19.2 Å². The first-order chi connectivity index (χ1) is 16.3. The Morgan fingerprint density at radius 1 is 0.912 bits per heavy atom. The second kappa shape index (κ2) is 14.7. The highest BCUT2D eigenvalue weighted by Crippen LogP contribution is 2.27. The number of anilines is 1. The van der Waals surface area contributed by atoms with E-state index in [1.807, 2.05) is 6.07 Å². The van der Waals surface area contributed by atoms with Gasteiger partial charge in [-0.05, 0) is 18.2 Å². The Bertz CT molecular complexity index is 1000. The molecule has 2 rings (SSSR count). The molecule has 2 aromatic carbocycles. The molecule has 1 amide bonds. The monoisotopic (exact) mass is 523 g/mol. The Kier molecular flexibility index (Phi) is 12.0. The standard InChI is InChI=1S/C24H26ClNO6S2/c1-17(27)31-12-14-33-34-15-13-32-23(29)11-10-22(28)26(2)21-9-8-19(25)16-20(21)24(30)18-6-4-3-5-7-18/h3-9,16H,10-15H2,1-2H3. The van der Waals surface area contributed by atoms with Crippen molar-refractivity contribution in [2.24, 2.45) is 0 Å². The van der Waals surface area contributed by atoms with Gasteiger partial charge < -0.3 is 14.4 Å². The van der Waals surface area contributed by atoms with Crippen LogP contribution < -0.4 is 4.90 Å². The average Bonchev–Trinajstić information content (AvgIpc) is 2.83. The lowest BCUT2D eigenvalue weighted by Crippen LogP contribution is -2.28. The van der Waals surface area contributed by atoms with Crippen molar-refractivity contribution in [3.05, 3.63) is 64.7 Å². The van der Waals surface area contributed by atoms with E-state index in [0.717, 1.165) is 0 Å². The second-order valence-electron chi connectivity index (χ2n) is 7.01. The SMILES string of the molecule is CC(=O)OCCSSCCOC(=O)CCC(=O)N(C)c1ccc(Cl)cc1C(=O)c1ccccc1. The maximum atomic E-state index is 13.0. The van der Waals surface area contributed by atoms with Crippen LogP contribution in [-0.4, -0.2) is 55.4 Å². The Morgan fingerprint density at radius 2 is 1.56 bits per heavy atom. The lowest BCUT2D eigenvalue weighted by Gasteiger charge is -2.20. The van der Waals surface area contributed by atoms with Gasteiger partial charge in [0.1, 0.15) is 13.2 Å². The van der Waals surface area contributed by atoms with E-state index in [1.165, 1.54) is 39.5 Å². The van der Waals surface area contributed by atoms with Crippen LogP contribution >= 0.6 is 33.2 Å². The minimum Gasteiger partial charge on any atom is -0.465 e. The van der Waals surface area contributed by atoms with E-state index in [-0.39, 0.29) is 37.1 Å². The van der Waals surface area contributed by atoms with Gasteiger partial charge >= 0.3 is 11.9 Å². The van der Waals surface area contributed by atoms with E-state index in [4.69, 9.17) is 21.1 Å². The number of rotatable bonds is 13. The fraction of sp³-hybridized carbons (Fsp3) is 0.333. The van der Waals surface area contributed by atoms with Gasteiger partial charge in [0, 0.05) is 48.0 Å². The Labute approximate surface area is 211 Å². The van der Waals surface area contributed by atoms with E-state index in [1.54, 1.807) is 43.4 Å². The van der Waals surface area contributed by atoms with Crippen LogP contribution in [0.25, 0.3) is 0 Å². The van der Waals surface area contributed by atoms with Crippen molar-refractivity contribution in [2.45, 2.75) is 19.8 Å². The van der Waals surface area contributed by atoms with Crippen LogP contribution in [0.1, 0.15) is 35.7 Å². The Hall–Kier alpha value is -2.49. The smallest absolute Gasteiger partial charge is 0.306 e. The van der Waals surface area contributed by atoms with E-state index < -0.39 is 5.97 Å². The zero-order valence-electron chi connectivity index (χ0n) is 19.0. The largest absolute Gasteiger partial charge is 0.465 e. The summed E-state index contributed by atoms with van der Waals surface area (Å²) in [7, 11) is 4.59. The summed E-state index contributed by atoms with van der Waals surface area (Å²) in [6, 6.07) is 13.5. The van der Waals surface area contributed by atoms with Gasteiger partial charge in [0.2, 0.25) is 5.91 Å². The molecule has 10 heteroatoms. The molecule has 0 heterocycles. The van der Waals surface area contributed by atoms with Gasteiger partial charge in [-0.2, -0.15) is 0 Å². The van der Waals surface area contributed by atoms with Crippen molar-refractivity contribution in [3.8, 4) is 0 Å². The first-order valence-corrected chi connectivity index (χ1v) is 13.4. The fourth-order valence-corrected chi connectivity index (χ4v) is 4.66. The van der Waals surface area contributed by atoms with E-state index in [2.05, 4.69) is 0 Å². The fourth-order valence-electron chi connectivity index (χ4n) is 2.84. The minimum atomic E-state index is -0.469. The van der Waals surface area contributed by atoms with E-state index >= 15 is 0 Å². The first kappa shape index (κ1) is 27.8. The molecule has 182 valence electrons. The lowest BCUT2D eigenvalue weighted by molar-refractivity contribution is -0.144. The zero-order valence-corrected chi connectivity index (χ0v) is 21.3. The van der Waals surface area contributed by atoms with Crippen LogP contribution in [0.5, 0.6) is 0 Å². The van der Waals surface area contributed by atoms with Crippen LogP contribution in [0.2, 0.25) is 5.02 Å². The van der Waals surface area contributed by atoms with Crippen LogP contribution in [-0.2, 0) is 23.9 Å². The van der Waals surface area contributed by atoms with Crippen LogP contribution in [0.15, 0.2) is 48.5 Å². The van der Waals surface area contributed by atoms with Crippen LogP contribution in [0.3, 0.4) is 0 Å². The van der Waals surface area contributed by atoms with Crippen molar-refractivity contribution < 1.29 is 28.7 Å². The molecule has 0 bridgehead atoms. The second-order valence-corrected chi connectivity index (χ2v) is 10.2. The van der Waals surface area contributed by atoms with Crippen molar-refractivity contribution in [2.75, 3.05) is 36.7 Å². The van der Waals surface area contributed by atoms with Crippen LogP contribution in [0.4, 0.5) is 5.69 Å². The first-order valence-electron chi connectivity index (χ1n) is 10.5. The molecule has 0 spiro atoms. The topological polar surface area (TPSA) is 90.0 Å². The number of carbonyl (C=O) groups excluding carboxylic acids is 4. The molecule has 2 aromatic rings. The highest BCUT2D eigenvalue weighted by molar-refractivity contribution is 8.76. The summed E-state index contributed by atoms with van der Waals surface area (Å²) in [6.45, 7) is 1.92. The Morgan fingerprint density at radius 3 is 2.21 bits per heavy atom. The molecule has 0 aliphatic rings. The average molecular weight is 524 g/mol. The molecule has 0 fully saturated rings. The lowest BCUT2D eigenvalue weighted by atomic mass is 10.0. The third kappa shape index (κ3) is 9.40. The Balaban J connectivity index is 1.82. The molecular formula is C24H26ClNO6S2. The normalized spacial score (nSPS) is 10.4. The number of hydrogen-bond donors (Lipinski definition) is 0. The number of nitrogens with zero attached hydrogens (tertiary/aromatic N) is 1. The quantitative estimate of drug-likeness (QED) is 0.160. The number of ether oxygens (including phenoxy) is 2. The number of amides is 1. The molecular weight excluding hydrogens is 498 g/mol. The van der Waals surface area contributed by atoms with E-state index in [0.29, 0.717) is 39.9 Å². The molecule has 34 heavy (non-hydrogen) atoms. The molecule has 0 atom stereocenters. The summed E-state index contributed by atoms with van der Waals surface area (Å²) in [5.41, 5.74) is 1.21. The molecule has 0 saturated heterocycles. The third-order valence-corrected chi connectivity index (χ3v) is 7.07. The molecule has 0 saturated carbocycles. The summed E-state index contributed by atoms with van der Waals surface area (Å²) >= 11 is 6.10. The van der Waals surface area contributed by atoms with Gasteiger partial charge in [0.05, 0.1) is 12.1 Å². The molecule has 0 N–H and O–H groups in total.